The maximum atomic E-state index is 12.3. The van der Waals surface area contributed by atoms with E-state index in [4.69, 9.17) is 11.6 Å². The van der Waals surface area contributed by atoms with Gasteiger partial charge in [-0.15, -0.1) is 0 Å². The lowest BCUT2D eigenvalue weighted by atomic mass is 10.1. The van der Waals surface area contributed by atoms with Crippen LogP contribution in [-0.2, 0) is 10.0 Å². The molecule has 1 rings (SSSR count). The number of halogens is 1. The lowest BCUT2D eigenvalue weighted by molar-refractivity contribution is 0.363. The molecule has 1 aromatic carbocycles. The van der Waals surface area contributed by atoms with Gasteiger partial charge in [0, 0.05) is 18.1 Å². The molecule has 0 spiro atoms. The molecule has 5 heteroatoms. The Kier molecular flexibility index (Phi) is 5.63. The summed E-state index contributed by atoms with van der Waals surface area (Å²) in [4.78, 5) is 0.290. The van der Waals surface area contributed by atoms with Crippen molar-refractivity contribution in [3.63, 3.8) is 0 Å². The number of hydrogen-bond donors (Lipinski definition) is 0. The van der Waals surface area contributed by atoms with Crippen molar-refractivity contribution < 1.29 is 8.42 Å². The second-order valence-corrected chi connectivity index (χ2v) is 6.90. The van der Waals surface area contributed by atoms with Crippen LogP contribution in [0, 0.1) is 0 Å². The van der Waals surface area contributed by atoms with E-state index in [0.29, 0.717) is 5.02 Å². The Morgan fingerprint density at radius 1 is 1.28 bits per heavy atom. The normalized spacial score (nSPS) is 13.8. The second kappa shape index (κ2) is 6.55. The zero-order chi connectivity index (χ0) is 13.8. The first-order chi connectivity index (χ1) is 8.39. The Morgan fingerprint density at radius 3 is 2.33 bits per heavy atom. The van der Waals surface area contributed by atoms with Crippen molar-refractivity contribution in [3.05, 3.63) is 29.3 Å². The maximum absolute atomic E-state index is 12.3. The van der Waals surface area contributed by atoms with E-state index < -0.39 is 10.0 Å². The van der Waals surface area contributed by atoms with Gasteiger partial charge in [-0.2, -0.15) is 4.31 Å². The van der Waals surface area contributed by atoms with Gasteiger partial charge in [0.1, 0.15) is 0 Å². The summed E-state index contributed by atoms with van der Waals surface area (Å²) < 4.78 is 26.1. The van der Waals surface area contributed by atoms with E-state index in [2.05, 4.69) is 6.92 Å². The van der Waals surface area contributed by atoms with E-state index in [1.807, 2.05) is 6.92 Å². The fraction of sp³-hybridized carbons (Fsp3) is 0.538. The maximum Gasteiger partial charge on any atom is 0.243 e. The molecule has 0 aliphatic heterocycles. The highest BCUT2D eigenvalue weighted by molar-refractivity contribution is 7.89. The first-order valence-electron chi connectivity index (χ1n) is 6.13. The van der Waals surface area contributed by atoms with Crippen molar-refractivity contribution in [2.75, 3.05) is 7.05 Å². The molecule has 18 heavy (non-hydrogen) atoms. The molecule has 0 saturated carbocycles. The Balaban J connectivity index is 2.89. The van der Waals surface area contributed by atoms with Gasteiger partial charge >= 0.3 is 0 Å². The average Bonchev–Trinajstić information content (AvgIpc) is 2.35. The zero-order valence-electron chi connectivity index (χ0n) is 11.1. The largest absolute Gasteiger partial charge is 0.243 e. The molecule has 0 aromatic heterocycles. The Hall–Kier alpha value is -0.580. The zero-order valence-corrected chi connectivity index (χ0v) is 12.6. The molecule has 1 unspecified atom stereocenters. The van der Waals surface area contributed by atoms with Crippen molar-refractivity contribution in [2.24, 2.45) is 0 Å². The van der Waals surface area contributed by atoms with Gasteiger partial charge in [-0.25, -0.2) is 8.42 Å². The van der Waals surface area contributed by atoms with Gasteiger partial charge in [0.25, 0.3) is 0 Å². The highest BCUT2D eigenvalue weighted by Crippen LogP contribution is 2.20. The summed E-state index contributed by atoms with van der Waals surface area (Å²) in [5.41, 5.74) is 0. The summed E-state index contributed by atoms with van der Waals surface area (Å²) >= 11 is 5.76. The van der Waals surface area contributed by atoms with E-state index in [0.717, 1.165) is 19.3 Å². The predicted molar refractivity (Wildman–Crippen MR) is 75.4 cm³/mol. The molecule has 0 fully saturated rings. The van der Waals surface area contributed by atoms with Crippen LogP contribution in [-0.4, -0.2) is 25.8 Å². The van der Waals surface area contributed by atoms with Gasteiger partial charge in [-0.1, -0.05) is 31.4 Å². The van der Waals surface area contributed by atoms with Gasteiger partial charge in [0.05, 0.1) is 4.90 Å². The minimum Gasteiger partial charge on any atom is -0.207 e. The number of hydrogen-bond acceptors (Lipinski definition) is 2. The molecule has 102 valence electrons. The van der Waals surface area contributed by atoms with E-state index in [1.54, 1.807) is 31.3 Å². The summed E-state index contributed by atoms with van der Waals surface area (Å²) in [6, 6.07) is 6.28. The van der Waals surface area contributed by atoms with Crippen LogP contribution in [0.5, 0.6) is 0 Å². The minimum atomic E-state index is -3.41. The van der Waals surface area contributed by atoms with E-state index in [-0.39, 0.29) is 10.9 Å². The number of unbranched alkanes of at least 4 members (excludes halogenated alkanes) is 1. The van der Waals surface area contributed by atoms with Gasteiger partial charge < -0.3 is 0 Å². The van der Waals surface area contributed by atoms with E-state index in [1.165, 1.54) is 4.31 Å². The van der Waals surface area contributed by atoms with E-state index >= 15 is 0 Å². The molecule has 1 aromatic rings. The van der Waals surface area contributed by atoms with Crippen LogP contribution < -0.4 is 0 Å². The number of rotatable bonds is 6. The van der Waals surface area contributed by atoms with Crippen LogP contribution in [0.3, 0.4) is 0 Å². The molecular weight excluding hydrogens is 270 g/mol. The van der Waals surface area contributed by atoms with Crippen molar-refractivity contribution >= 4 is 21.6 Å². The second-order valence-electron chi connectivity index (χ2n) is 4.47. The quantitative estimate of drug-likeness (QED) is 0.803. The third-order valence-corrected chi connectivity index (χ3v) is 5.32. The molecule has 0 aliphatic carbocycles. The lowest BCUT2D eigenvalue weighted by Crippen LogP contribution is -2.35. The van der Waals surface area contributed by atoms with E-state index in [9.17, 15) is 8.42 Å². The monoisotopic (exact) mass is 289 g/mol. The standard InChI is InChI=1S/C13H20ClNO2S/c1-4-5-6-11(2)15(3)18(16,17)13-9-7-12(14)8-10-13/h7-11H,4-6H2,1-3H3. The molecular formula is C13H20ClNO2S. The first-order valence-corrected chi connectivity index (χ1v) is 7.95. The van der Waals surface area contributed by atoms with Crippen molar-refractivity contribution in [3.8, 4) is 0 Å². The van der Waals surface area contributed by atoms with Crippen molar-refractivity contribution in [2.45, 2.75) is 44.0 Å². The third-order valence-electron chi connectivity index (χ3n) is 3.09. The summed E-state index contributed by atoms with van der Waals surface area (Å²) in [5, 5.41) is 0.538. The van der Waals surface area contributed by atoms with Gasteiger partial charge in [-0.3, -0.25) is 0 Å². The summed E-state index contributed by atoms with van der Waals surface area (Å²) in [6.07, 6.45) is 2.97. The predicted octanol–water partition coefficient (Wildman–Crippen LogP) is 3.54. The molecule has 0 heterocycles. The molecule has 0 bridgehead atoms. The SMILES string of the molecule is CCCCC(C)N(C)S(=O)(=O)c1ccc(Cl)cc1. The van der Waals surface area contributed by atoms with Crippen LogP contribution in [0.2, 0.25) is 5.02 Å². The highest BCUT2D eigenvalue weighted by atomic mass is 35.5. The van der Waals surface area contributed by atoms with Gasteiger partial charge in [0.2, 0.25) is 10.0 Å². The average molecular weight is 290 g/mol. The summed E-state index contributed by atoms with van der Waals surface area (Å²) in [7, 11) is -1.78. The molecule has 1 atom stereocenters. The number of sulfonamides is 1. The van der Waals surface area contributed by atoms with Gasteiger partial charge in [-0.05, 0) is 37.6 Å². The molecule has 0 N–H and O–H groups in total. The van der Waals surface area contributed by atoms with Crippen molar-refractivity contribution in [1.82, 2.24) is 4.31 Å². The third kappa shape index (κ3) is 3.70. The lowest BCUT2D eigenvalue weighted by Gasteiger charge is -2.24. The van der Waals surface area contributed by atoms with Crippen LogP contribution in [0.4, 0.5) is 0 Å². The fourth-order valence-electron chi connectivity index (χ4n) is 1.69. The smallest absolute Gasteiger partial charge is 0.207 e. The number of benzene rings is 1. The molecule has 3 nitrogen and oxygen atoms in total. The Labute approximate surface area is 115 Å². The van der Waals surface area contributed by atoms with Crippen LogP contribution in [0.15, 0.2) is 29.2 Å². The molecule has 0 aliphatic rings. The Bertz CT molecular complexity index is 470. The van der Waals surface area contributed by atoms with Gasteiger partial charge in [0.15, 0.2) is 0 Å². The topological polar surface area (TPSA) is 37.4 Å². The first kappa shape index (κ1) is 15.5. The Morgan fingerprint density at radius 2 is 1.83 bits per heavy atom. The highest BCUT2D eigenvalue weighted by Gasteiger charge is 2.24. The molecule has 0 saturated heterocycles. The van der Waals surface area contributed by atoms with Crippen LogP contribution >= 0.6 is 11.6 Å². The molecule has 0 radical (unpaired) electrons. The fourth-order valence-corrected chi connectivity index (χ4v) is 3.21. The molecule has 0 amide bonds. The summed E-state index contributed by atoms with van der Waals surface area (Å²) in [6.45, 7) is 4.03. The van der Waals surface area contributed by atoms with Crippen LogP contribution in [0.25, 0.3) is 0 Å². The van der Waals surface area contributed by atoms with Crippen LogP contribution in [0.1, 0.15) is 33.1 Å². The summed E-state index contributed by atoms with van der Waals surface area (Å²) in [5.74, 6) is 0. The number of nitrogens with zero attached hydrogens (tertiary/aromatic N) is 1. The minimum absolute atomic E-state index is 0.00521. The van der Waals surface area contributed by atoms with Crippen molar-refractivity contribution in [1.29, 1.82) is 0 Å².